The Morgan fingerprint density at radius 1 is 0.893 bits per heavy atom. The molecule has 1 amide bonds. The van der Waals surface area contributed by atoms with Gasteiger partial charge in [0.2, 0.25) is 0 Å². The monoisotopic (exact) mass is 389 g/mol. The van der Waals surface area contributed by atoms with Gasteiger partial charge in [-0.25, -0.2) is 4.79 Å². The van der Waals surface area contributed by atoms with Gasteiger partial charge in [0.1, 0.15) is 0 Å². The highest BCUT2D eigenvalue weighted by Gasteiger charge is 2.18. The first-order valence-electron chi connectivity index (χ1n) is 10.7. The predicted molar refractivity (Wildman–Crippen MR) is 117 cm³/mol. The number of unbranched alkanes of at least 4 members (excludes halogenated alkanes) is 4. The molecule has 0 spiro atoms. The summed E-state index contributed by atoms with van der Waals surface area (Å²) in [5.74, 6) is -0.944. The molecule has 4 nitrogen and oxygen atoms in total. The maximum Gasteiger partial charge on any atom is 0.355 e. The molecule has 1 unspecified atom stereocenters. The molecule has 0 aliphatic heterocycles. The van der Waals surface area contributed by atoms with Crippen LogP contribution in [0.5, 0.6) is 0 Å². The van der Waals surface area contributed by atoms with Gasteiger partial charge < -0.3 is 4.84 Å². The van der Waals surface area contributed by atoms with Gasteiger partial charge in [-0.05, 0) is 44.9 Å². The lowest BCUT2D eigenvalue weighted by molar-refractivity contribution is -0.155. The third kappa shape index (κ3) is 16.1. The van der Waals surface area contributed by atoms with Gasteiger partial charge in [0.25, 0.3) is 5.91 Å². The summed E-state index contributed by atoms with van der Waals surface area (Å²) in [6, 6.07) is 0. The lowest BCUT2D eigenvalue weighted by Gasteiger charge is -2.15. The zero-order valence-corrected chi connectivity index (χ0v) is 17.8. The summed E-state index contributed by atoms with van der Waals surface area (Å²) in [6.45, 7) is 7.50. The van der Waals surface area contributed by atoms with Crippen LogP contribution in [0.4, 0.5) is 0 Å². The molecular weight excluding hydrogens is 350 g/mol. The molecule has 0 fully saturated rings. The topological polar surface area (TPSA) is 55.4 Å². The van der Waals surface area contributed by atoms with E-state index >= 15 is 0 Å². The van der Waals surface area contributed by atoms with E-state index in [0.29, 0.717) is 0 Å². The number of nitrogens with one attached hydrogen (secondary N) is 1. The lowest BCUT2D eigenvalue weighted by Crippen LogP contribution is -2.32. The number of hydrogen-bond donors (Lipinski definition) is 1. The normalized spacial score (nSPS) is 12.6. The predicted octanol–water partition coefficient (Wildman–Crippen LogP) is 6.36. The number of carbonyl (C=O) groups excluding carboxylic acids is 2. The number of carbonyl (C=O) groups is 2. The van der Waals surface area contributed by atoms with E-state index < -0.39 is 5.97 Å². The fraction of sp³-hybridized carbons (Fsp3) is 0.583. The van der Waals surface area contributed by atoms with Gasteiger partial charge in [0.15, 0.2) is 0 Å². The summed E-state index contributed by atoms with van der Waals surface area (Å²) in [5.41, 5.74) is 2.24. The maximum absolute atomic E-state index is 12.1. The van der Waals surface area contributed by atoms with Gasteiger partial charge in [0.05, 0.1) is 0 Å². The van der Waals surface area contributed by atoms with Crippen LogP contribution in [0.3, 0.4) is 0 Å². The minimum atomic E-state index is -0.638. The van der Waals surface area contributed by atoms with Crippen LogP contribution < -0.4 is 5.48 Å². The van der Waals surface area contributed by atoms with Crippen molar-refractivity contribution in [3.05, 3.63) is 49.1 Å². The highest BCUT2D eigenvalue weighted by molar-refractivity contribution is 5.84. The summed E-state index contributed by atoms with van der Waals surface area (Å²) >= 11 is 0. The van der Waals surface area contributed by atoms with Crippen LogP contribution >= 0.6 is 0 Å². The average molecular weight is 390 g/mol. The van der Waals surface area contributed by atoms with Gasteiger partial charge in [-0.15, -0.1) is 0 Å². The highest BCUT2D eigenvalue weighted by atomic mass is 16.7. The lowest BCUT2D eigenvalue weighted by atomic mass is 9.95. The fourth-order valence-corrected chi connectivity index (χ4v) is 2.81. The van der Waals surface area contributed by atoms with E-state index in [4.69, 9.17) is 0 Å². The Morgan fingerprint density at radius 3 is 2.18 bits per heavy atom. The van der Waals surface area contributed by atoms with Crippen LogP contribution in [0.15, 0.2) is 49.1 Å². The Hall–Kier alpha value is -2.10. The van der Waals surface area contributed by atoms with E-state index in [1.54, 1.807) is 0 Å². The number of hydroxylamine groups is 1. The van der Waals surface area contributed by atoms with Crippen LogP contribution in [-0.4, -0.2) is 11.9 Å². The largest absolute Gasteiger partial charge is 0.355 e. The Morgan fingerprint density at radius 2 is 1.54 bits per heavy atom. The number of amides is 1. The molecule has 4 heteroatoms. The van der Waals surface area contributed by atoms with Gasteiger partial charge in [-0.3, -0.25) is 4.79 Å². The van der Waals surface area contributed by atoms with Gasteiger partial charge in [-0.1, -0.05) is 82.6 Å². The molecule has 1 N–H and O–H groups in total. The first-order chi connectivity index (χ1) is 13.7. The first kappa shape index (κ1) is 25.9. The molecule has 0 heterocycles. The summed E-state index contributed by atoms with van der Waals surface area (Å²) < 4.78 is 0. The minimum Gasteiger partial charge on any atom is -0.336 e. The van der Waals surface area contributed by atoms with E-state index in [1.165, 1.54) is 12.8 Å². The van der Waals surface area contributed by atoms with Gasteiger partial charge >= 0.3 is 5.97 Å². The third-order valence-electron chi connectivity index (χ3n) is 4.38. The van der Waals surface area contributed by atoms with Crippen molar-refractivity contribution < 1.29 is 14.4 Å². The van der Waals surface area contributed by atoms with E-state index in [-0.39, 0.29) is 11.8 Å². The van der Waals surface area contributed by atoms with Crippen molar-refractivity contribution in [3.8, 4) is 0 Å². The molecule has 0 rings (SSSR count). The zero-order valence-electron chi connectivity index (χ0n) is 17.8. The van der Waals surface area contributed by atoms with Crippen molar-refractivity contribution in [1.29, 1.82) is 0 Å². The van der Waals surface area contributed by atoms with Crippen LogP contribution in [-0.2, 0) is 14.4 Å². The molecule has 0 saturated heterocycles. The second-order valence-corrected chi connectivity index (χ2v) is 6.86. The standard InChI is InChI=1S/C24H39NO3/c1-4-7-8-9-10-11-12-13-14-15-16-17-18-19-21-22(20-5-2)24(27)25-28-23(26)6-3/h6-8,10-11,13-14,22H,3-5,9,12,15-21H2,1-2H3,(H,25,27). The van der Waals surface area contributed by atoms with E-state index in [2.05, 4.69) is 67.2 Å². The van der Waals surface area contributed by atoms with Crippen LogP contribution in [0.25, 0.3) is 0 Å². The van der Waals surface area contributed by atoms with E-state index in [1.807, 2.05) is 0 Å². The minimum absolute atomic E-state index is 0.0959. The van der Waals surface area contributed by atoms with E-state index in [0.717, 1.165) is 63.9 Å². The van der Waals surface area contributed by atoms with Crippen LogP contribution in [0.2, 0.25) is 0 Å². The van der Waals surface area contributed by atoms with Crippen LogP contribution in [0.1, 0.15) is 84.5 Å². The molecule has 0 aromatic heterocycles. The van der Waals surface area contributed by atoms with E-state index in [9.17, 15) is 9.59 Å². The molecule has 0 aliphatic carbocycles. The van der Waals surface area contributed by atoms with Crippen molar-refractivity contribution in [2.75, 3.05) is 0 Å². The zero-order chi connectivity index (χ0) is 20.9. The molecule has 1 atom stereocenters. The maximum atomic E-state index is 12.1. The molecule has 0 aromatic rings. The number of allylic oxidation sites excluding steroid dienone is 6. The molecule has 0 aromatic carbocycles. The number of rotatable bonds is 16. The Bertz CT molecular complexity index is 506. The van der Waals surface area contributed by atoms with Crippen molar-refractivity contribution >= 4 is 11.9 Å². The molecule has 0 saturated carbocycles. The van der Waals surface area contributed by atoms with Gasteiger partial charge in [0, 0.05) is 12.0 Å². The third-order valence-corrected chi connectivity index (χ3v) is 4.38. The fourth-order valence-electron chi connectivity index (χ4n) is 2.81. The Labute approximate surface area is 171 Å². The van der Waals surface area contributed by atoms with Crippen molar-refractivity contribution in [2.45, 2.75) is 84.5 Å². The first-order valence-corrected chi connectivity index (χ1v) is 10.7. The summed E-state index contributed by atoms with van der Waals surface area (Å²) in [4.78, 5) is 27.7. The summed E-state index contributed by atoms with van der Waals surface area (Å²) in [6.07, 6.45) is 25.6. The molecule has 0 bridgehead atoms. The number of hydrogen-bond acceptors (Lipinski definition) is 3. The molecule has 0 aliphatic rings. The van der Waals surface area contributed by atoms with Crippen molar-refractivity contribution in [1.82, 2.24) is 5.48 Å². The van der Waals surface area contributed by atoms with Crippen molar-refractivity contribution in [2.24, 2.45) is 5.92 Å². The van der Waals surface area contributed by atoms with Gasteiger partial charge in [-0.2, -0.15) is 5.48 Å². The second kappa shape index (κ2) is 19.7. The quantitative estimate of drug-likeness (QED) is 0.145. The SMILES string of the molecule is C=CC(=O)ONC(=O)C(CCC)CCCCCCC=CCC=CCC=CCC. The molecule has 158 valence electrons. The average Bonchev–Trinajstić information content (AvgIpc) is 2.71. The second-order valence-electron chi connectivity index (χ2n) is 6.86. The molecule has 0 radical (unpaired) electrons. The van der Waals surface area contributed by atoms with Crippen molar-refractivity contribution in [3.63, 3.8) is 0 Å². The summed E-state index contributed by atoms with van der Waals surface area (Å²) in [7, 11) is 0. The smallest absolute Gasteiger partial charge is 0.336 e. The summed E-state index contributed by atoms with van der Waals surface area (Å²) in [5, 5.41) is 0. The molecular formula is C24H39NO3. The highest BCUT2D eigenvalue weighted by Crippen LogP contribution is 2.17. The molecule has 28 heavy (non-hydrogen) atoms. The Balaban J connectivity index is 3.78. The van der Waals surface area contributed by atoms with Crippen LogP contribution in [0, 0.1) is 5.92 Å². The Kier molecular flexibility index (Phi) is 18.2.